The maximum Gasteiger partial charge on any atom is 0.243 e. The van der Waals surface area contributed by atoms with Gasteiger partial charge in [-0.05, 0) is 42.0 Å². The summed E-state index contributed by atoms with van der Waals surface area (Å²) < 4.78 is 0. The molecular weight excluding hydrogens is 444 g/mol. The minimum absolute atomic E-state index is 0.00907. The molecule has 35 heavy (non-hydrogen) atoms. The van der Waals surface area contributed by atoms with Gasteiger partial charge in [0.05, 0.1) is 6.10 Å². The number of nitrogens with two attached hydrogens (primary N) is 1. The summed E-state index contributed by atoms with van der Waals surface area (Å²) in [6, 6.07) is 12.5. The van der Waals surface area contributed by atoms with Crippen molar-refractivity contribution in [3.8, 4) is 0 Å². The lowest BCUT2D eigenvalue weighted by molar-refractivity contribution is -0.142. The van der Waals surface area contributed by atoms with Gasteiger partial charge in [-0.15, -0.1) is 0 Å². The first-order valence-electron chi connectivity index (χ1n) is 12.7. The maximum atomic E-state index is 13.3. The van der Waals surface area contributed by atoms with E-state index in [1.807, 2.05) is 42.5 Å². The van der Waals surface area contributed by atoms with E-state index < -0.39 is 18.2 Å². The Morgan fingerprint density at radius 2 is 1.77 bits per heavy atom. The van der Waals surface area contributed by atoms with Crippen LogP contribution in [0.3, 0.4) is 0 Å². The summed E-state index contributed by atoms with van der Waals surface area (Å²) >= 11 is 0. The minimum atomic E-state index is -0.856. The van der Waals surface area contributed by atoms with Crippen LogP contribution in [0.4, 0.5) is 0 Å². The van der Waals surface area contributed by atoms with E-state index in [1.165, 1.54) is 0 Å². The Labute approximate surface area is 206 Å². The SMILES string of the molecule is NCC(O)CNC(=O)C(Cc1ccc2ccccc2c1)NC(=O)C1CCCN1C(=O)C1CCCC1. The largest absolute Gasteiger partial charge is 0.390 e. The van der Waals surface area contributed by atoms with Crippen molar-refractivity contribution in [2.75, 3.05) is 19.6 Å². The standard InChI is InChI=1S/C27H36N4O4/c28-16-22(32)17-29-25(33)23(15-18-11-12-19-6-1-4-9-21(19)14-18)30-26(34)24-10-5-13-31(24)27(35)20-7-2-3-8-20/h1,4,6,9,11-12,14,20,22-24,32H,2-3,5,7-8,10,13,15-17,28H2,(H,29,33)(H,30,34). The van der Waals surface area contributed by atoms with E-state index in [1.54, 1.807) is 4.90 Å². The highest BCUT2D eigenvalue weighted by molar-refractivity contribution is 5.93. The molecule has 4 rings (SSSR count). The molecule has 2 aromatic carbocycles. The fraction of sp³-hybridized carbons (Fsp3) is 0.519. The van der Waals surface area contributed by atoms with E-state index in [0.29, 0.717) is 19.4 Å². The molecule has 8 nitrogen and oxygen atoms in total. The molecule has 1 heterocycles. The fourth-order valence-electron chi connectivity index (χ4n) is 5.21. The van der Waals surface area contributed by atoms with Gasteiger partial charge < -0.3 is 26.4 Å². The van der Waals surface area contributed by atoms with Crippen molar-refractivity contribution >= 4 is 28.5 Å². The molecule has 0 radical (unpaired) electrons. The number of aliphatic hydroxyl groups excluding tert-OH is 1. The molecule has 1 saturated heterocycles. The van der Waals surface area contributed by atoms with E-state index in [-0.39, 0.29) is 36.7 Å². The maximum absolute atomic E-state index is 13.3. The summed E-state index contributed by atoms with van der Waals surface area (Å²) in [6.07, 6.45) is 4.71. The lowest BCUT2D eigenvalue weighted by Crippen LogP contribution is -2.55. The van der Waals surface area contributed by atoms with Crippen molar-refractivity contribution in [2.45, 2.75) is 63.1 Å². The zero-order valence-electron chi connectivity index (χ0n) is 20.1. The first-order valence-corrected chi connectivity index (χ1v) is 12.7. The van der Waals surface area contributed by atoms with E-state index >= 15 is 0 Å². The monoisotopic (exact) mass is 480 g/mol. The lowest BCUT2D eigenvalue weighted by atomic mass is 10.0. The Hall–Kier alpha value is -2.97. The second kappa shape index (κ2) is 11.6. The highest BCUT2D eigenvalue weighted by Gasteiger charge is 2.39. The molecule has 2 aliphatic rings. The van der Waals surface area contributed by atoms with Crippen molar-refractivity contribution in [1.29, 1.82) is 0 Å². The number of carbonyl (C=O) groups is 3. The molecule has 1 aliphatic carbocycles. The predicted octanol–water partition coefficient (Wildman–Crippen LogP) is 1.48. The van der Waals surface area contributed by atoms with Gasteiger partial charge in [0, 0.05) is 32.0 Å². The van der Waals surface area contributed by atoms with Gasteiger partial charge in [0.15, 0.2) is 0 Å². The minimum Gasteiger partial charge on any atom is -0.390 e. The normalized spacial score (nSPS) is 20.1. The number of fused-ring (bicyclic) bond motifs is 1. The molecule has 0 spiro atoms. The molecule has 3 amide bonds. The number of hydrogen-bond donors (Lipinski definition) is 4. The molecule has 1 aliphatic heterocycles. The Bertz CT molecular complexity index is 1050. The molecule has 2 aromatic rings. The number of aliphatic hydroxyl groups is 1. The second-order valence-electron chi connectivity index (χ2n) is 9.75. The molecular formula is C27H36N4O4. The lowest BCUT2D eigenvalue weighted by Gasteiger charge is -2.28. The van der Waals surface area contributed by atoms with E-state index in [2.05, 4.69) is 10.6 Å². The Kier molecular flexibility index (Phi) is 8.36. The van der Waals surface area contributed by atoms with Gasteiger partial charge in [-0.3, -0.25) is 14.4 Å². The van der Waals surface area contributed by atoms with Crippen LogP contribution >= 0.6 is 0 Å². The molecule has 3 atom stereocenters. The van der Waals surface area contributed by atoms with E-state index in [9.17, 15) is 19.5 Å². The van der Waals surface area contributed by atoms with Crippen LogP contribution in [0.15, 0.2) is 42.5 Å². The number of likely N-dealkylation sites (tertiary alicyclic amines) is 1. The number of nitrogens with one attached hydrogen (secondary N) is 2. The summed E-state index contributed by atoms with van der Waals surface area (Å²) in [5.41, 5.74) is 6.37. The van der Waals surface area contributed by atoms with Crippen LogP contribution in [0, 0.1) is 5.92 Å². The molecule has 1 saturated carbocycles. The zero-order chi connectivity index (χ0) is 24.8. The van der Waals surface area contributed by atoms with Gasteiger partial charge >= 0.3 is 0 Å². The van der Waals surface area contributed by atoms with Gasteiger partial charge in [-0.1, -0.05) is 55.3 Å². The number of benzene rings is 2. The molecule has 5 N–H and O–H groups in total. The van der Waals surface area contributed by atoms with Crippen molar-refractivity contribution < 1.29 is 19.5 Å². The highest BCUT2D eigenvalue weighted by atomic mass is 16.3. The summed E-state index contributed by atoms with van der Waals surface area (Å²) in [5, 5.41) is 17.5. The van der Waals surface area contributed by atoms with Crippen LogP contribution < -0.4 is 16.4 Å². The number of rotatable bonds is 9. The predicted molar refractivity (Wildman–Crippen MR) is 134 cm³/mol. The van der Waals surface area contributed by atoms with Crippen LogP contribution in [0.2, 0.25) is 0 Å². The Morgan fingerprint density at radius 1 is 1.03 bits per heavy atom. The van der Waals surface area contributed by atoms with Gasteiger partial charge in [-0.2, -0.15) is 0 Å². The van der Waals surface area contributed by atoms with Crippen LogP contribution in [0.5, 0.6) is 0 Å². The third kappa shape index (κ3) is 6.18. The average Bonchev–Trinajstić information content (AvgIpc) is 3.59. The zero-order valence-corrected chi connectivity index (χ0v) is 20.1. The molecule has 2 fully saturated rings. The van der Waals surface area contributed by atoms with Crippen molar-refractivity contribution in [2.24, 2.45) is 11.7 Å². The Morgan fingerprint density at radius 3 is 2.51 bits per heavy atom. The van der Waals surface area contributed by atoms with E-state index in [4.69, 9.17) is 5.73 Å². The van der Waals surface area contributed by atoms with Crippen LogP contribution in [-0.2, 0) is 20.8 Å². The van der Waals surface area contributed by atoms with Crippen molar-refractivity contribution in [3.63, 3.8) is 0 Å². The molecule has 0 bridgehead atoms. The van der Waals surface area contributed by atoms with Gasteiger partial charge in [0.1, 0.15) is 12.1 Å². The number of carbonyl (C=O) groups excluding carboxylic acids is 3. The summed E-state index contributed by atoms with van der Waals surface area (Å²) in [6.45, 7) is 0.620. The van der Waals surface area contributed by atoms with E-state index in [0.717, 1.165) is 48.4 Å². The van der Waals surface area contributed by atoms with Crippen molar-refractivity contribution in [1.82, 2.24) is 15.5 Å². The third-order valence-electron chi connectivity index (χ3n) is 7.21. The third-order valence-corrected chi connectivity index (χ3v) is 7.21. The molecule has 0 aromatic heterocycles. The first kappa shape index (κ1) is 25.1. The van der Waals surface area contributed by atoms with Gasteiger partial charge in [0.2, 0.25) is 17.7 Å². The second-order valence-corrected chi connectivity index (χ2v) is 9.75. The Balaban J connectivity index is 1.48. The molecule has 3 unspecified atom stereocenters. The van der Waals surface area contributed by atoms with Gasteiger partial charge in [-0.25, -0.2) is 0 Å². The van der Waals surface area contributed by atoms with Crippen LogP contribution in [-0.4, -0.2) is 65.5 Å². The average molecular weight is 481 g/mol. The topological polar surface area (TPSA) is 125 Å². The quantitative estimate of drug-likeness (QED) is 0.433. The van der Waals surface area contributed by atoms with Crippen LogP contribution in [0.1, 0.15) is 44.1 Å². The smallest absolute Gasteiger partial charge is 0.243 e. The number of amides is 3. The number of hydrogen-bond acceptors (Lipinski definition) is 5. The fourth-order valence-corrected chi connectivity index (χ4v) is 5.21. The summed E-state index contributed by atoms with van der Waals surface area (Å²) in [7, 11) is 0. The summed E-state index contributed by atoms with van der Waals surface area (Å²) in [5.74, 6) is -0.598. The first-order chi connectivity index (χ1) is 17.0. The highest BCUT2D eigenvalue weighted by Crippen LogP contribution is 2.30. The van der Waals surface area contributed by atoms with Crippen molar-refractivity contribution in [3.05, 3.63) is 48.0 Å². The number of nitrogens with zero attached hydrogens (tertiary/aromatic N) is 1. The van der Waals surface area contributed by atoms with Crippen LogP contribution in [0.25, 0.3) is 10.8 Å². The summed E-state index contributed by atoms with van der Waals surface area (Å²) in [4.78, 5) is 41.1. The molecule has 188 valence electrons. The molecule has 8 heteroatoms. The van der Waals surface area contributed by atoms with Gasteiger partial charge in [0.25, 0.3) is 0 Å².